The van der Waals surface area contributed by atoms with Crippen molar-refractivity contribution in [3.63, 3.8) is 0 Å². The van der Waals surface area contributed by atoms with Gasteiger partial charge in [-0.15, -0.1) is 0 Å². The van der Waals surface area contributed by atoms with Crippen LogP contribution in [0.15, 0.2) is 36.7 Å². The summed E-state index contributed by atoms with van der Waals surface area (Å²) in [5.74, 6) is -0.0616. The Labute approximate surface area is 198 Å². The first kappa shape index (κ1) is 24.4. The fourth-order valence-corrected chi connectivity index (χ4v) is 5.13. The van der Waals surface area contributed by atoms with Crippen molar-refractivity contribution in [1.29, 1.82) is 0 Å². The van der Waals surface area contributed by atoms with Crippen LogP contribution in [0.3, 0.4) is 0 Å². The average Bonchev–Trinajstić information content (AvgIpc) is 3.34. The van der Waals surface area contributed by atoms with Crippen molar-refractivity contribution in [3.05, 3.63) is 42.2 Å². The molecule has 0 aliphatic carbocycles. The molecule has 10 nitrogen and oxygen atoms in total. The monoisotopic (exact) mass is 485 g/mol. The highest BCUT2D eigenvalue weighted by Crippen LogP contribution is 2.36. The van der Waals surface area contributed by atoms with Gasteiger partial charge < -0.3 is 25.4 Å². The first-order valence-electron chi connectivity index (χ1n) is 11.2. The maximum atomic E-state index is 12.9. The van der Waals surface area contributed by atoms with Crippen molar-refractivity contribution in [2.75, 3.05) is 11.9 Å². The minimum atomic E-state index is -2.25. The lowest BCUT2D eigenvalue weighted by Crippen LogP contribution is -2.53. The molecule has 1 saturated heterocycles. The molecule has 4 rings (SSSR count). The standard InChI is InChI=1S/C23H31N5O5Si/c1-23(2,3)34(4,5)22-26-18(25-20(32)13-9-7-6-8-10-13)15-19(27-22)28(12-24-15)21-17(31)16(30)14(11-29)33-21/h6-10,12,14,16-17,21,29-31H,11H2,1-5H3,(H,25,26,27,32)/t14-,16?,17?,21-/m1/s1. The number of aromatic nitrogens is 4. The van der Waals surface area contributed by atoms with Crippen LogP contribution >= 0.6 is 0 Å². The number of carbonyl (C=O) groups is 1. The van der Waals surface area contributed by atoms with Crippen molar-refractivity contribution in [1.82, 2.24) is 19.5 Å². The third-order valence-electron chi connectivity index (χ3n) is 6.91. The van der Waals surface area contributed by atoms with Gasteiger partial charge in [-0.1, -0.05) is 52.1 Å². The number of benzene rings is 1. The number of hydrogen-bond acceptors (Lipinski definition) is 8. The van der Waals surface area contributed by atoms with Gasteiger partial charge in [-0.3, -0.25) is 9.36 Å². The molecule has 34 heavy (non-hydrogen) atoms. The van der Waals surface area contributed by atoms with Crippen LogP contribution in [0.2, 0.25) is 18.1 Å². The van der Waals surface area contributed by atoms with E-state index in [9.17, 15) is 20.1 Å². The van der Waals surface area contributed by atoms with Crippen molar-refractivity contribution >= 4 is 36.4 Å². The third kappa shape index (κ3) is 4.14. The number of ether oxygens (including phenoxy) is 1. The molecule has 0 spiro atoms. The van der Waals surface area contributed by atoms with E-state index in [2.05, 4.69) is 44.2 Å². The molecule has 1 fully saturated rings. The highest BCUT2D eigenvalue weighted by Gasteiger charge is 2.45. The number of nitrogens with zero attached hydrogens (tertiary/aromatic N) is 4. The maximum absolute atomic E-state index is 12.9. The number of imidazole rings is 1. The predicted octanol–water partition coefficient (Wildman–Crippen LogP) is 1.41. The summed E-state index contributed by atoms with van der Waals surface area (Å²) < 4.78 is 7.23. The summed E-state index contributed by atoms with van der Waals surface area (Å²) in [6.45, 7) is 10.3. The highest BCUT2D eigenvalue weighted by molar-refractivity contribution is 6.91. The molecule has 4 atom stereocenters. The molecule has 1 aromatic carbocycles. The van der Waals surface area contributed by atoms with Gasteiger partial charge in [-0.25, -0.2) is 15.0 Å². The van der Waals surface area contributed by atoms with E-state index in [1.807, 2.05) is 6.07 Å². The van der Waals surface area contributed by atoms with E-state index < -0.39 is 39.2 Å². The van der Waals surface area contributed by atoms with Gasteiger partial charge in [-0.2, -0.15) is 0 Å². The van der Waals surface area contributed by atoms with Crippen LogP contribution in [0.25, 0.3) is 11.2 Å². The topological polar surface area (TPSA) is 143 Å². The highest BCUT2D eigenvalue weighted by atomic mass is 28.3. The number of aliphatic hydroxyl groups is 3. The smallest absolute Gasteiger partial charge is 0.256 e. The lowest BCUT2D eigenvalue weighted by molar-refractivity contribution is -0.0511. The normalized spacial score (nSPS) is 23.4. The number of nitrogens with one attached hydrogen (secondary N) is 1. The Morgan fingerprint density at radius 3 is 2.41 bits per heavy atom. The van der Waals surface area contributed by atoms with Crippen LogP contribution in [0, 0.1) is 0 Å². The van der Waals surface area contributed by atoms with Gasteiger partial charge in [0, 0.05) is 5.56 Å². The van der Waals surface area contributed by atoms with E-state index in [1.54, 1.807) is 24.3 Å². The summed E-state index contributed by atoms with van der Waals surface area (Å²) in [4.78, 5) is 26.9. The Bertz CT molecular complexity index is 1190. The number of rotatable bonds is 5. The van der Waals surface area contributed by atoms with Gasteiger partial charge in [0.05, 0.1) is 12.9 Å². The molecule has 11 heteroatoms. The van der Waals surface area contributed by atoms with Crippen molar-refractivity contribution in [3.8, 4) is 0 Å². The molecule has 182 valence electrons. The number of carbonyl (C=O) groups excluding carboxylic acids is 1. The fraction of sp³-hybridized carbons (Fsp3) is 0.478. The quantitative estimate of drug-likeness (QED) is 0.397. The number of hydrogen-bond donors (Lipinski definition) is 4. The van der Waals surface area contributed by atoms with E-state index in [4.69, 9.17) is 14.7 Å². The number of aliphatic hydroxyl groups excluding tert-OH is 3. The summed E-state index contributed by atoms with van der Waals surface area (Å²) >= 11 is 0. The molecule has 3 heterocycles. The Balaban J connectivity index is 1.85. The molecule has 2 aromatic heterocycles. The minimum absolute atomic E-state index is 0.0895. The van der Waals surface area contributed by atoms with Crippen molar-refractivity contribution in [2.45, 2.75) is 63.4 Å². The summed E-state index contributed by atoms with van der Waals surface area (Å²) in [6, 6.07) is 8.81. The fourth-order valence-electron chi connectivity index (χ4n) is 3.68. The lowest BCUT2D eigenvalue weighted by Gasteiger charge is -2.35. The Morgan fingerprint density at radius 1 is 1.15 bits per heavy atom. The van der Waals surface area contributed by atoms with Crippen molar-refractivity contribution < 1.29 is 24.9 Å². The molecular weight excluding hydrogens is 454 g/mol. The zero-order valence-corrected chi connectivity index (χ0v) is 20.9. The van der Waals surface area contributed by atoms with Crippen LogP contribution in [-0.2, 0) is 4.74 Å². The van der Waals surface area contributed by atoms with Crippen LogP contribution in [0.1, 0.15) is 37.4 Å². The summed E-state index contributed by atoms with van der Waals surface area (Å²) in [5.41, 5.74) is 1.80. The first-order chi connectivity index (χ1) is 16.0. The zero-order chi connectivity index (χ0) is 24.8. The summed E-state index contributed by atoms with van der Waals surface area (Å²) in [7, 11) is -2.25. The predicted molar refractivity (Wildman–Crippen MR) is 130 cm³/mol. The first-order valence-corrected chi connectivity index (χ1v) is 14.2. The minimum Gasteiger partial charge on any atom is -0.394 e. The lowest BCUT2D eigenvalue weighted by atomic mass is 10.1. The second-order valence-corrected chi connectivity index (χ2v) is 15.3. The molecule has 0 saturated carbocycles. The molecule has 2 unspecified atom stereocenters. The van der Waals surface area contributed by atoms with Crippen LogP contribution in [0.5, 0.6) is 0 Å². The molecule has 4 N–H and O–H groups in total. The van der Waals surface area contributed by atoms with E-state index in [1.165, 1.54) is 10.9 Å². The second kappa shape index (κ2) is 8.82. The van der Waals surface area contributed by atoms with E-state index in [0.717, 1.165) is 0 Å². The van der Waals surface area contributed by atoms with Crippen LogP contribution in [-0.4, -0.2) is 73.7 Å². The molecule has 1 amide bonds. The molecule has 1 aliphatic heterocycles. The summed E-state index contributed by atoms with van der Waals surface area (Å²) in [6.07, 6.45) is -3.05. The zero-order valence-electron chi connectivity index (χ0n) is 19.9. The molecule has 0 radical (unpaired) electrons. The third-order valence-corrected chi connectivity index (χ3v) is 12.0. The van der Waals surface area contributed by atoms with Crippen LogP contribution < -0.4 is 10.8 Å². The maximum Gasteiger partial charge on any atom is 0.256 e. The number of amides is 1. The Kier molecular flexibility index (Phi) is 6.34. The van der Waals surface area contributed by atoms with Gasteiger partial charge >= 0.3 is 0 Å². The van der Waals surface area contributed by atoms with E-state index in [-0.39, 0.29) is 16.8 Å². The Morgan fingerprint density at radius 2 is 1.82 bits per heavy atom. The van der Waals surface area contributed by atoms with Gasteiger partial charge in [0.1, 0.15) is 31.8 Å². The van der Waals surface area contributed by atoms with Crippen LogP contribution in [0.4, 0.5) is 5.82 Å². The molecule has 0 bridgehead atoms. The van der Waals surface area contributed by atoms with E-state index in [0.29, 0.717) is 22.2 Å². The Hall–Kier alpha value is -2.70. The molecular formula is C23H31N5O5Si. The van der Waals surface area contributed by atoms with Gasteiger partial charge in [-0.05, 0) is 17.2 Å². The number of anilines is 1. The van der Waals surface area contributed by atoms with E-state index >= 15 is 0 Å². The average molecular weight is 486 g/mol. The second-order valence-electron chi connectivity index (χ2n) is 10.1. The largest absolute Gasteiger partial charge is 0.394 e. The molecule has 1 aliphatic rings. The number of fused-ring (bicyclic) bond motifs is 1. The molecule has 3 aromatic rings. The van der Waals surface area contributed by atoms with Gasteiger partial charge in [0.15, 0.2) is 23.2 Å². The van der Waals surface area contributed by atoms with Crippen molar-refractivity contribution in [2.24, 2.45) is 0 Å². The SMILES string of the molecule is CC(C)(C)[Si](C)(C)c1nc(NC(=O)c2ccccc2)c2ncn([C@@H]3O[C@H](CO)C(O)C3O)c2n1. The van der Waals surface area contributed by atoms with Gasteiger partial charge in [0.2, 0.25) is 0 Å². The van der Waals surface area contributed by atoms with Gasteiger partial charge in [0.25, 0.3) is 5.91 Å². The summed E-state index contributed by atoms with van der Waals surface area (Å²) in [5, 5.41) is 33.1.